The fraction of sp³-hybridized carbons (Fsp3) is 0.400. The highest BCUT2D eigenvalue weighted by atomic mass is 19.1. The van der Waals surface area contributed by atoms with E-state index in [0.717, 1.165) is 44.3 Å². The summed E-state index contributed by atoms with van der Waals surface area (Å²) in [6, 6.07) is 16.0. The zero-order valence-corrected chi connectivity index (χ0v) is 13.4. The topological polar surface area (TPSA) is 6.48 Å². The minimum Gasteiger partial charge on any atom is -0.369 e. The molecule has 0 aromatic heterocycles. The summed E-state index contributed by atoms with van der Waals surface area (Å²) >= 11 is 0. The lowest BCUT2D eigenvalue weighted by Crippen LogP contribution is -2.45. The molecule has 2 aromatic rings. The van der Waals surface area contributed by atoms with Gasteiger partial charge in [-0.15, -0.1) is 0 Å². The van der Waals surface area contributed by atoms with Crippen LogP contribution in [-0.4, -0.2) is 31.1 Å². The third kappa shape index (κ3) is 3.56. The van der Waals surface area contributed by atoms with Crippen molar-refractivity contribution >= 4 is 5.69 Å². The van der Waals surface area contributed by atoms with Gasteiger partial charge in [-0.1, -0.05) is 24.3 Å². The Morgan fingerprint density at radius 3 is 2.09 bits per heavy atom. The van der Waals surface area contributed by atoms with Crippen LogP contribution in [-0.2, 0) is 6.54 Å². The van der Waals surface area contributed by atoms with E-state index in [-0.39, 0.29) is 5.82 Å². The van der Waals surface area contributed by atoms with E-state index in [0.29, 0.717) is 0 Å². The van der Waals surface area contributed by atoms with Crippen LogP contribution in [0.2, 0.25) is 0 Å². The third-order valence-electron chi connectivity index (χ3n) is 5.00. The van der Waals surface area contributed by atoms with Crippen molar-refractivity contribution in [2.45, 2.75) is 25.3 Å². The molecule has 2 aliphatic rings. The number of halogens is 1. The quantitative estimate of drug-likeness (QED) is 0.841. The van der Waals surface area contributed by atoms with E-state index in [2.05, 4.69) is 34.1 Å². The molecular weight excluding hydrogens is 287 g/mol. The number of hydrogen-bond acceptors (Lipinski definition) is 2. The molecule has 0 bridgehead atoms. The highest BCUT2D eigenvalue weighted by Crippen LogP contribution is 2.39. The van der Waals surface area contributed by atoms with Gasteiger partial charge in [-0.05, 0) is 54.2 Å². The predicted octanol–water partition coefficient (Wildman–Crippen LogP) is 4.03. The molecule has 0 spiro atoms. The molecule has 0 unspecified atom stereocenters. The summed E-state index contributed by atoms with van der Waals surface area (Å²) in [5.41, 5.74) is 4.04. The molecule has 1 aliphatic carbocycles. The first-order valence-electron chi connectivity index (χ1n) is 8.60. The molecule has 2 fully saturated rings. The first-order valence-corrected chi connectivity index (χ1v) is 8.60. The van der Waals surface area contributed by atoms with Crippen molar-refractivity contribution in [1.29, 1.82) is 0 Å². The lowest BCUT2D eigenvalue weighted by atomic mass is 10.1. The molecule has 23 heavy (non-hydrogen) atoms. The van der Waals surface area contributed by atoms with Crippen LogP contribution in [0, 0.1) is 5.82 Å². The second kappa shape index (κ2) is 6.32. The van der Waals surface area contributed by atoms with E-state index in [1.54, 1.807) is 12.1 Å². The summed E-state index contributed by atoms with van der Waals surface area (Å²) in [5, 5.41) is 0. The minimum atomic E-state index is -0.165. The second-order valence-corrected chi connectivity index (χ2v) is 6.76. The minimum absolute atomic E-state index is 0.165. The zero-order chi connectivity index (χ0) is 15.6. The van der Waals surface area contributed by atoms with Gasteiger partial charge in [-0.2, -0.15) is 0 Å². The molecule has 120 valence electrons. The summed E-state index contributed by atoms with van der Waals surface area (Å²) in [6.07, 6.45) is 2.73. The highest BCUT2D eigenvalue weighted by molar-refractivity contribution is 5.46. The molecule has 0 atom stereocenters. The SMILES string of the molecule is Fc1ccc(N2CCN(Cc3ccc(C4CC4)cc3)CC2)cc1. The van der Waals surface area contributed by atoms with Crippen LogP contribution >= 0.6 is 0 Å². The maximum atomic E-state index is 13.0. The monoisotopic (exact) mass is 310 g/mol. The zero-order valence-electron chi connectivity index (χ0n) is 13.4. The van der Waals surface area contributed by atoms with E-state index in [1.165, 1.54) is 24.0 Å². The summed E-state index contributed by atoms with van der Waals surface area (Å²) in [7, 11) is 0. The summed E-state index contributed by atoms with van der Waals surface area (Å²) in [4.78, 5) is 4.85. The summed E-state index contributed by atoms with van der Waals surface area (Å²) < 4.78 is 13.0. The Balaban J connectivity index is 1.31. The lowest BCUT2D eigenvalue weighted by molar-refractivity contribution is 0.250. The molecule has 1 saturated carbocycles. The number of anilines is 1. The average Bonchev–Trinajstić information content (AvgIpc) is 3.42. The number of hydrogen-bond donors (Lipinski definition) is 0. The second-order valence-electron chi connectivity index (χ2n) is 6.76. The molecule has 4 rings (SSSR count). The standard InChI is InChI=1S/C20H23FN2/c21-19-7-9-20(10-8-19)23-13-11-22(12-14-23)15-16-1-3-17(4-2-16)18-5-6-18/h1-4,7-10,18H,5-6,11-15H2. The van der Waals surface area contributed by atoms with Crippen molar-refractivity contribution in [1.82, 2.24) is 4.90 Å². The summed E-state index contributed by atoms with van der Waals surface area (Å²) in [6.45, 7) is 5.16. The first-order chi connectivity index (χ1) is 11.3. The van der Waals surface area contributed by atoms with Crippen LogP contribution in [0.25, 0.3) is 0 Å². The maximum Gasteiger partial charge on any atom is 0.123 e. The van der Waals surface area contributed by atoms with Crippen LogP contribution in [0.15, 0.2) is 48.5 Å². The van der Waals surface area contributed by atoms with Crippen molar-refractivity contribution < 1.29 is 4.39 Å². The van der Waals surface area contributed by atoms with Gasteiger partial charge in [0.1, 0.15) is 5.82 Å². The Bertz CT molecular complexity index is 638. The highest BCUT2D eigenvalue weighted by Gasteiger charge is 2.23. The van der Waals surface area contributed by atoms with Crippen molar-refractivity contribution in [3.05, 3.63) is 65.5 Å². The van der Waals surface area contributed by atoms with Crippen LogP contribution in [0.4, 0.5) is 10.1 Å². The average molecular weight is 310 g/mol. The number of piperazine rings is 1. The molecule has 0 amide bonds. The largest absolute Gasteiger partial charge is 0.369 e. The fourth-order valence-electron chi connectivity index (χ4n) is 3.39. The number of benzene rings is 2. The summed E-state index contributed by atoms with van der Waals surface area (Å²) in [5.74, 6) is 0.672. The van der Waals surface area contributed by atoms with Gasteiger partial charge in [0.25, 0.3) is 0 Å². The number of nitrogens with zero attached hydrogens (tertiary/aromatic N) is 2. The normalized spacial score (nSPS) is 19.1. The number of rotatable bonds is 4. The molecule has 0 radical (unpaired) electrons. The third-order valence-corrected chi connectivity index (χ3v) is 5.00. The van der Waals surface area contributed by atoms with Crippen LogP contribution in [0.1, 0.15) is 29.9 Å². The smallest absolute Gasteiger partial charge is 0.123 e. The molecule has 0 N–H and O–H groups in total. The van der Waals surface area contributed by atoms with Crippen molar-refractivity contribution in [2.75, 3.05) is 31.1 Å². The lowest BCUT2D eigenvalue weighted by Gasteiger charge is -2.36. The van der Waals surface area contributed by atoms with Gasteiger partial charge in [0, 0.05) is 38.4 Å². The Labute approximate surface area is 137 Å². The van der Waals surface area contributed by atoms with Gasteiger partial charge in [-0.3, -0.25) is 4.90 Å². The van der Waals surface area contributed by atoms with Gasteiger partial charge in [0.15, 0.2) is 0 Å². The van der Waals surface area contributed by atoms with Gasteiger partial charge in [-0.25, -0.2) is 4.39 Å². The van der Waals surface area contributed by atoms with E-state index >= 15 is 0 Å². The maximum absolute atomic E-state index is 13.0. The predicted molar refractivity (Wildman–Crippen MR) is 92.3 cm³/mol. The van der Waals surface area contributed by atoms with Crippen molar-refractivity contribution in [3.8, 4) is 0 Å². The molecule has 1 heterocycles. The fourth-order valence-corrected chi connectivity index (χ4v) is 3.39. The van der Waals surface area contributed by atoms with E-state index in [1.807, 2.05) is 12.1 Å². The first kappa shape index (κ1) is 14.7. The van der Waals surface area contributed by atoms with Gasteiger partial charge in [0.05, 0.1) is 0 Å². The molecular formula is C20H23FN2. The van der Waals surface area contributed by atoms with Crippen molar-refractivity contribution in [3.63, 3.8) is 0 Å². The Kier molecular flexibility index (Phi) is 4.04. The van der Waals surface area contributed by atoms with Crippen molar-refractivity contribution in [2.24, 2.45) is 0 Å². The van der Waals surface area contributed by atoms with Crippen LogP contribution in [0.3, 0.4) is 0 Å². The molecule has 2 nitrogen and oxygen atoms in total. The molecule has 2 aromatic carbocycles. The molecule has 3 heteroatoms. The van der Waals surface area contributed by atoms with Crippen LogP contribution in [0.5, 0.6) is 0 Å². The van der Waals surface area contributed by atoms with Gasteiger partial charge >= 0.3 is 0 Å². The van der Waals surface area contributed by atoms with Crippen LogP contribution < -0.4 is 4.90 Å². The van der Waals surface area contributed by atoms with Gasteiger partial charge < -0.3 is 4.90 Å². The Morgan fingerprint density at radius 2 is 1.48 bits per heavy atom. The van der Waals surface area contributed by atoms with E-state index in [4.69, 9.17) is 0 Å². The van der Waals surface area contributed by atoms with E-state index < -0.39 is 0 Å². The van der Waals surface area contributed by atoms with E-state index in [9.17, 15) is 4.39 Å². The molecule has 1 saturated heterocycles. The Hall–Kier alpha value is -1.87. The van der Waals surface area contributed by atoms with Gasteiger partial charge in [0.2, 0.25) is 0 Å². The Morgan fingerprint density at radius 1 is 0.826 bits per heavy atom. The molecule has 1 aliphatic heterocycles.